The number of sulfone groups is 1. The largest absolute Gasteiger partial charge is 0.399 e. The van der Waals surface area contributed by atoms with Crippen LogP contribution in [0.2, 0.25) is 5.02 Å². The van der Waals surface area contributed by atoms with E-state index in [1.807, 2.05) is 0 Å². The number of nitrogens with two attached hydrogens (primary N) is 1. The summed E-state index contributed by atoms with van der Waals surface area (Å²) in [4.78, 5) is 0.265. The molecule has 2 N–H and O–H groups in total. The summed E-state index contributed by atoms with van der Waals surface area (Å²) < 4.78 is 26.5. The highest BCUT2D eigenvalue weighted by molar-refractivity contribution is 7.90. The van der Waals surface area contributed by atoms with Crippen LogP contribution in [0.4, 0.5) is 5.69 Å². The van der Waals surface area contributed by atoms with E-state index in [-0.39, 0.29) is 10.6 Å². The maximum Gasteiger partial charge on any atom is 0.184 e. The third-order valence-electron chi connectivity index (χ3n) is 3.12. The van der Waals surface area contributed by atoms with E-state index < -0.39 is 9.84 Å². The molecule has 1 heterocycles. The van der Waals surface area contributed by atoms with Crippen molar-refractivity contribution in [2.75, 3.05) is 5.73 Å². The Kier molecular flexibility index (Phi) is 3.80. The molecule has 1 aromatic carbocycles. The topological polar surface area (TPSA) is 78.0 Å². The lowest BCUT2D eigenvalue weighted by Gasteiger charge is -2.09. The summed E-state index contributed by atoms with van der Waals surface area (Å²) in [6.07, 6.45) is 0. The Morgan fingerprint density at radius 3 is 2.50 bits per heavy atom. The third kappa shape index (κ3) is 2.66. The van der Waals surface area contributed by atoms with Crippen LogP contribution < -0.4 is 5.73 Å². The Morgan fingerprint density at radius 2 is 2.00 bits per heavy atom. The first-order valence-corrected chi connectivity index (χ1v) is 8.02. The van der Waals surface area contributed by atoms with Gasteiger partial charge in [-0.15, -0.1) is 0 Å². The normalized spacial score (nSPS) is 11.8. The monoisotopic (exact) mass is 313 g/mol. The molecule has 0 saturated heterocycles. The van der Waals surface area contributed by atoms with Crippen molar-refractivity contribution in [3.63, 3.8) is 0 Å². The van der Waals surface area contributed by atoms with Crippen molar-refractivity contribution < 1.29 is 8.42 Å². The van der Waals surface area contributed by atoms with Gasteiger partial charge in [0, 0.05) is 12.7 Å². The number of aromatic nitrogens is 2. The first-order chi connectivity index (χ1) is 9.22. The van der Waals surface area contributed by atoms with Gasteiger partial charge in [-0.2, -0.15) is 5.10 Å². The molecule has 0 fully saturated rings. The molecule has 7 heteroatoms. The zero-order valence-electron chi connectivity index (χ0n) is 11.5. The minimum Gasteiger partial charge on any atom is -0.399 e. The molecule has 108 valence electrons. The van der Waals surface area contributed by atoms with Crippen LogP contribution in [0.15, 0.2) is 23.1 Å². The van der Waals surface area contributed by atoms with Gasteiger partial charge in [-0.05, 0) is 37.6 Å². The number of hydrogen-bond donors (Lipinski definition) is 1. The third-order valence-corrected chi connectivity index (χ3v) is 5.40. The lowest BCUT2D eigenvalue weighted by atomic mass is 10.2. The summed E-state index contributed by atoms with van der Waals surface area (Å²) in [7, 11) is -1.81. The summed E-state index contributed by atoms with van der Waals surface area (Å²) in [5.41, 5.74) is 7.91. The van der Waals surface area contributed by atoms with Crippen LogP contribution in [0.25, 0.3) is 0 Å². The van der Waals surface area contributed by atoms with E-state index in [2.05, 4.69) is 5.10 Å². The van der Waals surface area contributed by atoms with Crippen molar-refractivity contribution in [1.29, 1.82) is 0 Å². The lowest BCUT2D eigenvalue weighted by Crippen LogP contribution is -2.10. The Hall–Kier alpha value is -1.53. The molecule has 20 heavy (non-hydrogen) atoms. The molecule has 0 aliphatic carbocycles. The van der Waals surface area contributed by atoms with Gasteiger partial charge in [-0.25, -0.2) is 8.42 Å². The van der Waals surface area contributed by atoms with Gasteiger partial charge in [0.1, 0.15) is 0 Å². The molecule has 0 amide bonds. The van der Waals surface area contributed by atoms with Crippen molar-refractivity contribution in [2.24, 2.45) is 7.05 Å². The van der Waals surface area contributed by atoms with Crippen molar-refractivity contribution >= 4 is 27.1 Å². The summed E-state index contributed by atoms with van der Waals surface area (Å²) >= 11 is 6.10. The average molecular weight is 314 g/mol. The van der Waals surface area contributed by atoms with Crippen LogP contribution in [0.3, 0.4) is 0 Å². The number of aryl methyl sites for hydroxylation is 3. The predicted molar refractivity (Wildman–Crippen MR) is 79.4 cm³/mol. The number of anilines is 1. The highest BCUT2D eigenvalue weighted by atomic mass is 35.5. The molecular formula is C13H16ClN3O2S. The SMILES string of the molecule is Cc1cc(N)ccc1S(=O)(=O)Cc1c(Cl)c(C)nn1C. The molecule has 5 nitrogen and oxygen atoms in total. The van der Waals surface area contributed by atoms with Crippen molar-refractivity contribution in [3.8, 4) is 0 Å². The molecule has 0 bridgehead atoms. The van der Waals surface area contributed by atoms with Gasteiger partial charge in [-0.3, -0.25) is 4.68 Å². The number of halogens is 1. The Morgan fingerprint density at radius 1 is 1.35 bits per heavy atom. The van der Waals surface area contributed by atoms with E-state index in [1.54, 1.807) is 33.0 Å². The molecule has 0 aliphatic heterocycles. The van der Waals surface area contributed by atoms with Gasteiger partial charge in [-0.1, -0.05) is 11.6 Å². The van der Waals surface area contributed by atoms with Gasteiger partial charge >= 0.3 is 0 Å². The fraction of sp³-hybridized carbons (Fsp3) is 0.308. The standard InChI is InChI=1S/C13H16ClN3O2S/c1-8-6-10(15)4-5-12(8)20(18,19)7-11-13(14)9(2)16-17(11)3/h4-6H,7,15H2,1-3H3. The molecule has 0 aliphatic rings. The maximum atomic E-state index is 12.5. The van der Waals surface area contributed by atoms with Crippen LogP contribution in [-0.4, -0.2) is 18.2 Å². The molecule has 0 atom stereocenters. The predicted octanol–water partition coefficient (Wildman–Crippen LogP) is 2.25. The van der Waals surface area contributed by atoms with E-state index in [1.165, 1.54) is 10.7 Å². The van der Waals surface area contributed by atoms with E-state index in [4.69, 9.17) is 17.3 Å². The zero-order valence-corrected chi connectivity index (χ0v) is 13.1. The smallest absolute Gasteiger partial charge is 0.184 e. The molecule has 1 aromatic heterocycles. The lowest BCUT2D eigenvalue weighted by molar-refractivity contribution is 0.591. The van der Waals surface area contributed by atoms with E-state index in [0.717, 1.165) is 0 Å². The molecule has 2 aromatic rings. The maximum absolute atomic E-state index is 12.5. The van der Waals surface area contributed by atoms with Crippen LogP contribution >= 0.6 is 11.6 Å². The number of rotatable bonds is 3. The molecule has 0 unspecified atom stereocenters. The van der Waals surface area contributed by atoms with Crippen molar-refractivity contribution in [3.05, 3.63) is 40.2 Å². The van der Waals surface area contributed by atoms with Crippen LogP contribution in [0, 0.1) is 13.8 Å². The van der Waals surface area contributed by atoms with Crippen LogP contribution in [0.1, 0.15) is 17.0 Å². The summed E-state index contributed by atoms with van der Waals surface area (Å²) in [6.45, 7) is 3.46. The van der Waals surface area contributed by atoms with Crippen LogP contribution in [0.5, 0.6) is 0 Å². The van der Waals surface area contributed by atoms with Crippen molar-refractivity contribution in [1.82, 2.24) is 9.78 Å². The number of benzene rings is 1. The number of nitrogen functional groups attached to an aromatic ring is 1. The summed E-state index contributed by atoms with van der Waals surface area (Å²) in [5, 5.41) is 4.52. The van der Waals surface area contributed by atoms with Crippen molar-refractivity contribution in [2.45, 2.75) is 24.5 Å². The van der Waals surface area contributed by atoms with Gasteiger partial charge in [0.2, 0.25) is 0 Å². The highest BCUT2D eigenvalue weighted by Crippen LogP contribution is 2.26. The zero-order chi connectivity index (χ0) is 15.1. The fourth-order valence-corrected chi connectivity index (χ4v) is 4.09. The number of nitrogens with zero attached hydrogens (tertiary/aromatic N) is 2. The van der Waals surface area contributed by atoms with E-state index in [0.29, 0.717) is 27.7 Å². The second-order valence-electron chi connectivity index (χ2n) is 4.75. The minimum absolute atomic E-state index is 0.187. The van der Waals surface area contributed by atoms with Gasteiger partial charge in [0.05, 0.1) is 27.1 Å². The Bertz CT molecular complexity index is 766. The van der Waals surface area contributed by atoms with Gasteiger partial charge in [0.25, 0.3) is 0 Å². The van der Waals surface area contributed by atoms with E-state index in [9.17, 15) is 8.42 Å². The molecule has 2 rings (SSSR count). The Balaban J connectivity index is 2.46. The van der Waals surface area contributed by atoms with Gasteiger partial charge in [0.15, 0.2) is 9.84 Å². The second-order valence-corrected chi connectivity index (χ2v) is 7.09. The van der Waals surface area contributed by atoms with E-state index >= 15 is 0 Å². The first-order valence-electron chi connectivity index (χ1n) is 5.99. The average Bonchev–Trinajstić information content (AvgIpc) is 2.55. The molecule has 0 saturated carbocycles. The summed E-state index contributed by atoms with van der Waals surface area (Å²) in [5.74, 6) is -0.187. The van der Waals surface area contributed by atoms with Gasteiger partial charge < -0.3 is 5.73 Å². The fourth-order valence-electron chi connectivity index (χ4n) is 2.12. The second kappa shape index (κ2) is 5.10. The highest BCUT2D eigenvalue weighted by Gasteiger charge is 2.22. The Labute approximate surface area is 123 Å². The molecule has 0 radical (unpaired) electrons. The molecular weight excluding hydrogens is 298 g/mol. The molecule has 0 spiro atoms. The quantitative estimate of drug-likeness (QED) is 0.882. The summed E-state index contributed by atoms with van der Waals surface area (Å²) in [6, 6.07) is 4.75. The first kappa shape index (κ1) is 14.9. The van der Waals surface area contributed by atoms with Crippen LogP contribution in [-0.2, 0) is 22.6 Å². The minimum atomic E-state index is -3.49. The number of hydrogen-bond acceptors (Lipinski definition) is 4.